The van der Waals surface area contributed by atoms with Crippen LogP contribution >= 0.6 is 23.2 Å². The Morgan fingerprint density at radius 1 is 1.22 bits per heavy atom. The molecule has 18 heavy (non-hydrogen) atoms. The zero-order valence-corrected chi connectivity index (χ0v) is 11.5. The Kier molecular flexibility index (Phi) is 4.73. The molecule has 0 aliphatic rings. The van der Waals surface area contributed by atoms with Gasteiger partial charge in [-0.3, -0.25) is 9.59 Å². The smallest absolute Gasteiger partial charge is 0.252 e. The van der Waals surface area contributed by atoms with E-state index in [1.807, 2.05) is 0 Å². The van der Waals surface area contributed by atoms with Crippen molar-refractivity contribution in [2.75, 3.05) is 6.61 Å². The molecule has 1 aromatic carbocycles. The highest BCUT2D eigenvalue weighted by Gasteiger charge is 2.28. The minimum absolute atomic E-state index is 0.256. The third-order valence-electron chi connectivity index (χ3n) is 2.39. The Bertz CT molecular complexity index is 466. The Hall–Kier alpha value is -1.10. The minimum atomic E-state index is -1.15. The molecular formula is C12H13Cl2NO3. The van der Waals surface area contributed by atoms with Gasteiger partial charge in [0.1, 0.15) is 6.61 Å². The van der Waals surface area contributed by atoms with Gasteiger partial charge in [-0.25, -0.2) is 0 Å². The number of Topliss-reactive ketones (excluding diaryl/α,β-unsaturated/α-hetero) is 1. The summed E-state index contributed by atoms with van der Waals surface area (Å²) in [5.41, 5.74) is -0.896. The summed E-state index contributed by atoms with van der Waals surface area (Å²) < 4.78 is 0. The molecular weight excluding hydrogens is 277 g/mol. The summed E-state index contributed by atoms with van der Waals surface area (Å²) in [6.07, 6.45) is 0. The molecule has 0 saturated heterocycles. The van der Waals surface area contributed by atoms with Gasteiger partial charge in [0.15, 0.2) is 5.78 Å². The number of amides is 1. The summed E-state index contributed by atoms with van der Waals surface area (Å²) in [7, 11) is 0. The van der Waals surface area contributed by atoms with Crippen LogP contribution in [0.25, 0.3) is 0 Å². The van der Waals surface area contributed by atoms with Crippen molar-refractivity contribution in [3.05, 3.63) is 33.8 Å². The first-order valence-electron chi connectivity index (χ1n) is 5.19. The minimum Gasteiger partial charge on any atom is -0.388 e. The lowest BCUT2D eigenvalue weighted by molar-refractivity contribution is -0.126. The maximum absolute atomic E-state index is 11.9. The summed E-state index contributed by atoms with van der Waals surface area (Å²) in [4.78, 5) is 23.3. The van der Waals surface area contributed by atoms with Gasteiger partial charge in [-0.2, -0.15) is 0 Å². The monoisotopic (exact) mass is 289 g/mol. The lowest BCUT2D eigenvalue weighted by atomic mass is 9.99. The Morgan fingerprint density at radius 3 is 2.17 bits per heavy atom. The second-order valence-electron chi connectivity index (χ2n) is 4.32. The van der Waals surface area contributed by atoms with E-state index in [1.54, 1.807) is 0 Å². The molecule has 0 fully saturated rings. The van der Waals surface area contributed by atoms with E-state index < -0.39 is 23.8 Å². The molecule has 4 nitrogen and oxygen atoms in total. The number of aliphatic hydroxyl groups is 1. The zero-order valence-electron chi connectivity index (χ0n) is 9.96. The van der Waals surface area contributed by atoms with E-state index >= 15 is 0 Å². The van der Waals surface area contributed by atoms with E-state index in [9.17, 15) is 9.59 Å². The number of rotatable bonds is 4. The molecule has 1 aromatic rings. The number of hydrogen-bond acceptors (Lipinski definition) is 3. The molecule has 0 radical (unpaired) electrons. The van der Waals surface area contributed by atoms with Crippen LogP contribution in [0.15, 0.2) is 18.2 Å². The largest absolute Gasteiger partial charge is 0.388 e. The number of halogens is 2. The van der Waals surface area contributed by atoms with Gasteiger partial charge in [-0.05, 0) is 32.0 Å². The zero-order chi connectivity index (χ0) is 13.9. The predicted molar refractivity (Wildman–Crippen MR) is 70.1 cm³/mol. The van der Waals surface area contributed by atoms with E-state index in [4.69, 9.17) is 28.3 Å². The average molecular weight is 290 g/mol. The topological polar surface area (TPSA) is 66.4 Å². The number of hydrogen-bond donors (Lipinski definition) is 2. The fraction of sp³-hybridized carbons (Fsp3) is 0.333. The maximum atomic E-state index is 11.9. The second-order valence-corrected chi connectivity index (χ2v) is 5.19. The van der Waals surface area contributed by atoms with Gasteiger partial charge in [0.25, 0.3) is 5.91 Å². The molecule has 0 heterocycles. The van der Waals surface area contributed by atoms with Crippen molar-refractivity contribution >= 4 is 34.9 Å². The highest BCUT2D eigenvalue weighted by atomic mass is 35.5. The molecule has 0 aliphatic carbocycles. The van der Waals surface area contributed by atoms with Crippen LogP contribution in [0.5, 0.6) is 0 Å². The molecule has 1 rings (SSSR count). The molecule has 0 aromatic heterocycles. The Morgan fingerprint density at radius 2 is 1.72 bits per heavy atom. The predicted octanol–water partition coefficient (Wildman–Crippen LogP) is 2.06. The van der Waals surface area contributed by atoms with E-state index in [0.717, 1.165) is 0 Å². The van der Waals surface area contributed by atoms with Crippen LogP contribution in [0.2, 0.25) is 10.0 Å². The molecule has 98 valence electrons. The Balaban J connectivity index is 2.92. The van der Waals surface area contributed by atoms with Gasteiger partial charge < -0.3 is 10.4 Å². The Labute approximate surface area is 115 Å². The van der Waals surface area contributed by atoms with Gasteiger partial charge in [-0.1, -0.05) is 23.2 Å². The van der Waals surface area contributed by atoms with Gasteiger partial charge in [0, 0.05) is 15.6 Å². The van der Waals surface area contributed by atoms with Crippen molar-refractivity contribution < 1.29 is 14.7 Å². The number of benzene rings is 1. The quantitative estimate of drug-likeness (QED) is 0.892. The molecule has 0 unspecified atom stereocenters. The van der Waals surface area contributed by atoms with Crippen LogP contribution in [0.1, 0.15) is 24.2 Å². The van der Waals surface area contributed by atoms with Crippen molar-refractivity contribution in [1.82, 2.24) is 5.32 Å². The van der Waals surface area contributed by atoms with Crippen LogP contribution in [-0.4, -0.2) is 28.9 Å². The van der Waals surface area contributed by atoms with E-state index in [-0.39, 0.29) is 5.56 Å². The van der Waals surface area contributed by atoms with E-state index in [2.05, 4.69) is 5.32 Å². The number of ketones is 1. The first-order valence-corrected chi connectivity index (χ1v) is 5.94. The van der Waals surface area contributed by atoms with Gasteiger partial charge in [-0.15, -0.1) is 0 Å². The first-order chi connectivity index (χ1) is 8.26. The molecule has 0 saturated carbocycles. The van der Waals surface area contributed by atoms with Crippen molar-refractivity contribution in [3.63, 3.8) is 0 Å². The molecule has 0 atom stereocenters. The number of nitrogens with one attached hydrogen (secondary N) is 1. The van der Waals surface area contributed by atoms with Crippen LogP contribution in [0, 0.1) is 0 Å². The molecule has 6 heteroatoms. The van der Waals surface area contributed by atoms with E-state index in [1.165, 1.54) is 32.0 Å². The second kappa shape index (κ2) is 5.69. The van der Waals surface area contributed by atoms with Gasteiger partial charge in [0.05, 0.1) is 5.54 Å². The third-order valence-corrected chi connectivity index (χ3v) is 2.83. The number of carbonyl (C=O) groups is 2. The molecule has 0 spiro atoms. The molecule has 2 N–H and O–H groups in total. The summed E-state index contributed by atoms with van der Waals surface area (Å²) >= 11 is 11.6. The summed E-state index contributed by atoms with van der Waals surface area (Å²) in [5.74, 6) is -0.963. The fourth-order valence-electron chi connectivity index (χ4n) is 1.31. The molecule has 1 amide bonds. The van der Waals surface area contributed by atoms with Crippen molar-refractivity contribution in [2.24, 2.45) is 0 Å². The maximum Gasteiger partial charge on any atom is 0.252 e. The van der Waals surface area contributed by atoms with Crippen molar-refractivity contribution in [1.29, 1.82) is 0 Å². The molecule has 0 bridgehead atoms. The highest BCUT2D eigenvalue weighted by Crippen LogP contribution is 2.19. The van der Waals surface area contributed by atoms with Crippen molar-refractivity contribution in [2.45, 2.75) is 19.4 Å². The lowest BCUT2D eigenvalue weighted by Gasteiger charge is -2.23. The number of aliphatic hydroxyl groups excluding tert-OH is 1. The van der Waals surface area contributed by atoms with Crippen molar-refractivity contribution in [3.8, 4) is 0 Å². The standard InChI is InChI=1S/C12H13Cl2NO3/c1-12(2,10(17)6-16)15-11(18)7-3-8(13)5-9(14)4-7/h3-5,16H,6H2,1-2H3,(H,15,18). The molecule has 0 aliphatic heterocycles. The SMILES string of the molecule is CC(C)(NC(=O)c1cc(Cl)cc(Cl)c1)C(=O)CO. The summed E-state index contributed by atoms with van der Waals surface area (Å²) in [5, 5.41) is 12.0. The lowest BCUT2D eigenvalue weighted by Crippen LogP contribution is -2.50. The van der Waals surface area contributed by atoms with Crippen LogP contribution in [-0.2, 0) is 4.79 Å². The fourth-order valence-corrected chi connectivity index (χ4v) is 1.83. The first kappa shape index (κ1) is 15.0. The van der Waals surface area contributed by atoms with E-state index in [0.29, 0.717) is 10.0 Å². The third kappa shape index (κ3) is 3.70. The normalized spacial score (nSPS) is 11.2. The van der Waals surface area contributed by atoms with Gasteiger partial charge >= 0.3 is 0 Å². The summed E-state index contributed by atoms with van der Waals surface area (Å²) in [6, 6.07) is 4.40. The highest BCUT2D eigenvalue weighted by molar-refractivity contribution is 6.35. The summed E-state index contributed by atoms with van der Waals surface area (Å²) in [6.45, 7) is 2.38. The average Bonchev–Trinajstić information content (AvgIpc) is 2.25. The van der Waals surface area contributed by atoms with Gasteiger partial charge in [0.2, 0.25) is 0 Å². The van der Waals surface area contributed by atoms with Crippen LogP contribution in [0.4, 0.5) is 0 Å². The number of carbonyl (C=O) groups excluding carboxylic acids is 2. The van der Waals surface area contributed by atoms with Crippen LogP contribution in [0.3, 0.4) is 0 Å². The van der Waals surface area contributed by atoms with Crippen LogP contribution < -0.4 is 5.32 Å².